The van der Waals surface area contributed by atoms with Crippen molar-refractivity contribution >= 4 is 26.8 Å². The number of carbonyl (C=O) groups is 1. The Bertz CT molecular complexity index is 920. The van der Waals surface area contributed by atoms with E-state index in [2.05, 4.69) is 9.71 Å². The van der Waals surface area contributed by atoms with Gasteiger partial charge in [0.05, 0.1) is 4.90 Å². The molecule has 1 amide bonds. The van der Waals surface area contributed by atoms with E-state index in [-0.39, 0.29) is 22.9 Å². The van der Waals surface area contributed by atoms with Gasteiger partial charge in [0, 0.05) is 37.6 Å². The van der Waals surface area contributed by atoms with Gasteiger partial charge in [-0.3, -0.25) is 9.59 Å². The molecule has 1 aromatic heterocycles. The maximum Gasteiger partial charge on any atom is 0.248 e. The molecule has 0 atom stereocenters. The lowest BCUT2D eigenvalue weighted by atomic mass is 10.2. The van der Waals surface area contributed by atoms with Crippen LogP contribution in [0.15, 0.2) is 40.0 Å². The van der Waals surface area contributed by atoms with E-state index >= 15 is 0 Å². The van der Waals surface area contributed by atoms with Crippen molar-refractivity contribution in [2.75, 3.05) is 19.6 Å². The van der Waals surface area contributed by atoms with E-state index in [1.165, 1.54) is 18.2 Å². The lowest BCUT2D eigenvalue weighted by Gasteiger charge is -2.15. The summed E-state index contributed by atoms with van der Waals surface area (Å²) >= 11 is 0. The molecule has 2 aromatic rings. The highest BCUT2D eigenvalue weighted by Crippen LogP contribution is 2.16. The lowest BCUT2D eigenvalue weighted by molar-refractivity contribution is -0.127. The molecule has 3 rings (SSSR count). The number of pyridine rings is 1. The van der Waals surface area contributed by atoms with Crippen LogP contribution in [0.5, 0.6) is 0 Å². The molecule has 0 radical (unpaired) electrons. The number of benzene rings is 1. The minimum atomic E-state index is -3.62. The molecule has 8 heteroatoms. The number of rotatable bonds is 6. The van der Waals surface area contributed by atoms with E-state index in [1.54, 1.807) is 17.0 Å². The highest BCUT2D eigenvalue weighted by atomic mass is 32.2. The number of nitrogens with zero attached hydrogens (tertiary/aromatic N) is 1. The van der Waals surface area contributed by atoms with Crippen molar-refractivity contribution in [3.05, 3.63) is 40.7 Å². The zero-order valence-electron chi connectivity index (χ0n) is 13.1. The van der Waals surface area contributed by atoms with Gasteiger partial charge >= 0.3 is 0 Å². The minimum Gasteiger partial charge on any atom is -0.343 e. The summed E-state index contributed by atoms with van der Waals surface area (Å²) < 4.78 is 27.2. The first-order valence-electron chi connectivity index (χ1n) is 7.86. The second kappa shape index (κ2) is 6.74. The molecule has 0 bridgehead atoms. The maximum atomic E-state index is 12.3. The van der Waals surface area contributed by atoms with Crippen LogP contribution in [0, 0.1) is 0 Å². The van der Waals surface area contributed by atoms with Crippen LogP contribution >= 0.6 is 0 Å². The van der Waals surface area contributed by atoms with E-state index in [4.69, 9.17) is 0 Å². The second-order valence-corrected chi connectivity index (χ2v) is 7.57. The number of H-pyrrole nitrogens is 1. The van der Waals surface area contributed by atoms with Crippen LogP contribution in [0.1, 0.15) is 19.3 Å². The largest absolute Gasteiger partial charge is 0.343 e. The number of aromatic nitrogens is 1. The Morgan fingerprint density at radius 1 is 1.17 bits per heavy atom. The number of hydrogen-bond acceptors (Lipinski definition) is 4. The predicted molar refractivity (Wildman–Crippen MR) is 90.2 cm³/mol. The summed E-state index contributed by atoms with van der Waals surface area (Å²) in [5.41, 5.74) is 0.363. The molecule has 0 spiro atoms. The second-order valence-electron chi connectivity index (χ2n) is 5.81. The van der Waals surface area contributed by atoms with Crippen molar-refractivity contribution in [2.45, 2.75) is 24.2 Å². The van der Waals surface area contributed by atoms with Gasteiger partial charge in [-0.2, -0.15) is 0 Å². The molecule has 24 heavy (non-hydrogen) atoms. The Kier molecular flexibility index (Phi) is 4.68. The molecular formula is C16H19N3O4S. The fourth-order valence-corrected chi connectivity index (χ4v) is 3.91. The van der Waals surface area contributed by atoms with Gasteiger partial charge in [0.25, 0.3) is 0 Å². The number of hydrogen-bond donors (Lipinski definition) is 2. The molecule has 0 unspecified atom stereocenters. The molecule has 2 heterocycles. The van der Waals surface area contributed by atoms with Crippen molar-refractivity contribution in [3.8, 4) is 0 Å². The van der Waals surface area contributed by atoms with Crippen LogP contribution in [0.3, 0.4) is 0 Å². The average Bonchev–Trinajstić information content (AvgIpc) is 2.96. The van der Waals surface area contributed by atoms with Crippen molar-refractivity contribution in [1.29, 1.82) is 0 Å². The van der Waals surface area contributed by atoms with Gasteiger partial charge < -0.3 is 9.88 Å². The van der Waals surface area contributed by atoms with Gasteiger partial charge in [-0.15, -0.1) is 0 Å². The van der Waals surface area contributed by atoms with Gasteiger partial charge in [-0.1, -0.05) is 0 Å². The average molecular weight is 349 g/mol. The minimum absolute atomic E-state index is 0.140. The molecule has 1 aliphatic rings. The van der Waals surface area contributed by atoms with Crippen LogP contribution in [-0.4, -0.2) is 43.8 Å². The Morgan fingerprint density at radius 2 is 2.00 bits per heavy atom. The van der Waals surface area contributed by atoms with Crippen LogP contribution in [-0.2, 0) is 14.8 Å². The maximum absolute atomic E-state index is 12.3. The highest BCUT2D eigenvalue weighted by Gasteiger charge is 2.20. The van der Waals surface area contributed by atoms with Crippen LogP contribution in [0.4, 0.5) is 0 Å². The van der Waals surface area contributed by atoms with E-state index in [1.807, 2.05) is 0 Å². The number of carbonyl (C=O) groups excluding carboxylic acids is 1. The van der Waals surface area contributed by atoms with Crippen molar-refractivity contribution in [1.82, 2.24) is 14.6 Å². The smallest absolute Gasteiger partial charge is 0.248 e. The first-order valence-corrected chi connectivity index (χ1v) is 9.34. The summed E-state index contributed by atoms with van der Waals surface area (Å²) in [5.74, 6) is 0.140. The monoisotopic (exact) mass is 349 g/mol. The summed E-state index contributed by atoms with van der Waals surface area (Å²) in [6.45, 7) is 1.60. The Balaban J connectivity index is 1.63. The van der Waals surface area contributed by atoms with Crippen molar-refractivity contribution < 1.29 is 13.2 Å². The van der Waals surface area contributed by atoms with Crippen molar-refractivity contribution in [2.24, 2.45) is 0 Å². The number of fused-ring (bicyclic) bond motifs is 1. The van der Waals surface area contributed by atoms with Gasteiger partial charge in [0.15, 0.2) is 0 Å². The summed E-state index contributed by atoms with van der Waals surface area (Å²) in [6.07, 6.45) is 2.04. The normalized spacial score (nSPS) is 15.3. The van der Waals surface area contributed by atoms with Gasteiger partial charge in [-0.05, 0) is 42.5 Å². The van der Waals surface area contributed by atoms with Crippen LogP contribution in [0.2, 0.25) is 0 Å². The number of aromatic amines is 1. The van der Waals surface area contributed by atoms with Crippen molar-refractivity contribution in [3.63, 3.8) is 0 Å². The van der Waals surface area contributed by atoms with E-state index in [9.17, 15) is 18.0 Å². The first-order chi connectivity index (χ1) is 11.5. The summed E-state index contributed by atoms with van der Waals surface area (Å²) in [4.78, 5) is 27.3. The standard InChI is InChI=1S/C16H19N3O4S/c20-15-7-4-12-11-13(5-6-14(12)18-15)24(22,23)17-8-2-10-19-9-1-3-16(19)21/h4-7,11,17H,1-3,8-10H2,(H,18,20). The summed E-state index contributed by atoms with van der Waals surface area (Å²) in [6, 6.07) is 7.52. The number of amides is 1. The molecular weight excluding hydrogens is 330 g/mol. The zero-order chi connectivity index (χ0) is 17.2. The molecule has 1 saturated heterocycles. The Morgan fingerprint density at radius 3 is 2.75 bits per heavy atom. The summed E-state index contributed by atoms with van der Waals surface area (Å²) in [5, 5.41) is 0.653. The fraction of sp³-hybridized carbons (Fsp3) is 0.375. The van der Waals surface area contributed by atoms with Gasteiger partial charge in [-0.25, -0.2) is 13.1 Å². The number of sulfonamides is 1. The number of likely N-dealkylation sites (tertiary alicyclic amines) is 1. The molecule has 128 valence electrons. The van der Waals surface area contributed by atoms with Gasteiger partial charge in [0.1, 0.15) is 0 Å². The SMILES string of the molecule is O=C1CCCN1CCCNS(=O)(=O)c1ccc2[nH]c(=O)ccc2c1. The third kappa shape index (κ3) is 3.65. The molecule has 1 fully saturated rings. The van der Waals surface area contributed by atoms with Crippen LogP contribution in [0.25, 0.3) is 10.9 Å². The Hall–Kier alpha value is -2.19. The lowest BCUT2D eigenvalue weighted by Crippen LogP contribution is -2.30. The van der Waals surface area contributed by atoms with E-state index < -0.39 is 10.0 Å². The fourth-order valence-electron chi connectivity index (χ4n) is 2.80. The third-order valence-electron chi connectivity index (χ3n) is 4.07. The van der Waals surface area contributed by atoms with E-state index in [0.29, 0.717) is 30.3 Å². The number of nitrogens with one attached hydrogen (secondary N) is 2. The molecule has 0 saturated carbocycles. The third-order valence-corrected chi connectivity index (χ3v) is 5.53. The summed E-state index contributed by atoms with van der Waals surface area (Å²) in [7, 11) is -3.62. The predicted octanol–water partition coefficient (Wildman–Crippen LogP) is 0.819. The quantitative estimate of drug-likeness (QED) is 0.754. The van der Waals surface area contributed by atoms with Gasteiger partial charge in [0.2, 0.25) is 21.5 Å². The Labute approximate surface area is 139 Å². The molecule has 7 nitrogen and oxygen atoms in total. The molecule has 1 aliphatic heterocycles. The molecule has 2 N–H and O–H groups in total. The topological polar surface area (TPSA) is 99.3 Å². The molecule has 0 aliphatic carbocycles. The molecule has 1 aromatic carbocycles. The van der Waals surface area contributed by atoms with Crippen LogP contribution < -0.4 is 10.3 Å². The first kappa shape index (κ1) is 16.7. The van der Waals surface area contributed by atoms with E-state index in [0.717, 1.165) is 13.0 Å². The zero-order valence-corrected chi connectivity index (χ0v) is 13.9. The highest BCUT2D eigenvalue weighted by molar-refractivity contribution is 7.89.